The minimum absolute atomic E-state index is 0.0168. The van der Waals surface area contributed by atoms with Gasteiger partial charge in [0.25, 0.3) is 5.91 Å². The van der Waals surface area contributed by atoms with Crippen LogP contribution in [0.5, 0.6) is 0 Å². The van der Waals surface area contributed by atoms with Gasteiger partial charge in [-0.2, -0.15) is 0 Å². The van der Waals surface area contributed by atoms with Gasteiger partial charge >= 0.3 is 5.97 Å². The third-order valence-corrected chi connectivity index (χ3v) is 2.96. The van der Waals surface area contributed by atoms with Crippen LogP contribution in [0.1, 0.15) is 44.1 Å². The van der Waals surface area contributed by atoms with Crippen LogP contribution in [0.15, 0.2) is 18.3 Å². The van der Waals surface area contributed by atoms with E-state index in [9.17, 15) is 9.59 Å². The normalized spacial score (nSPS) is 10.7. The van der Waals surface area contributed by atoms with Gasteiger partial charge in [-0.05, 0) is 32.4 Å². The first kappa shape index (κ1) is 15.3. The van der Waals surface area contributed by atoms with Crippen LogP contribution in [0, 0.1) is 0 Å². The third-order valence-electron chi connectivity index (χ3n) is 2.96. The monoisotopic (exact) mass is 266 g/mol. The number of carboxylic acids is 1. The van der Waals surface area contributed by atoms with Gasteiger partial charge in [0, 0.05) is 25.3 Å². The van der Waals surface area contributed by atoms with Crippen LogP contribution in [-0.4, -0.2) is 39.0 Å². The summed E-state index contributed by atoms with van der Waals surface area (Å²) < 4.78 is 1.92. The van der Waals surface area contributed by atoms with Gasteiger partial charge in [0.05, 0.1) is 6.42 Å². The lowest BCUT2D eigenvalue weighted by molar-refractivity contribution is -0.137. The molecule has 0 saturated heterocycles. The molecule has 0 aliphatic carbocycles. The Morgan fingerprint density at radius 1 is 1.42 bits per heavy atom. The molecule has 1 rings (SSSR count). The van der Waals surface area contributed by atoms with Gasteiger partial charge in [0.2, 0.25) is 0 Å². The molecule has 1 aromatic rings. The van der Waals surface area contributed by atoms with Crippen LogP contribution in [0.2, 0.25) is 0 Å². The van der Waals surface area contributed by atoms with Crippen molar-refractivity contribution in [1.82, 2.24) is 9.47 Å². The average molecular weight is 266 g/mol. The molecular weight excluding hydrogens is 244 g/mol. The molecule has 1 heterocycles. The van der Waals surface area contributed by atoms with E-state index in [4.69, 9.17) is 5.11 Å². The summed E-state index contributed by atoms with van der Waals surface area (Å²) in [6.07, 6.45) is 2.80. The lowest BCUT2D eigenvalue weighted by atomic mass is 10.2. The molecule has 0 saturated carbocycles. The van der Waals surface area contributed by atoms with Gasteiger partial charge < -0.3 is 14.6 Å². The summed E-state index contributed by atoms with van der Waals surface area (Å²) in [4.78, 5) is 24.7. The highest BCUT2D eigenvalue weighted by Gasteiger charge is 2.21. The van der Waals surface area contributed by atoms with Gasteiger partial charge in [-0.1, -0.05) is 6.92 Å². The van der Waals surface area contributed by atoms with Crippen LogP contribution in [0.25, 0.3) is 0 Å². The van der Waals surface area contributed by atoms with E-state index < -0.39 is 5.97 Å². The molecule has 1 N–H and O–H groups in total. The first-order chi connectivity index (χ1) is 8.97. The van der Waals surface area contributed by atoms with Crippen molar-refractivity contribution >= 4 is 11.9 Å². The van der Waals surface area contributed by atoms with Gasteiger partial charge in [-0.3, -0.25) is 9.59 Å². The second kappa shape index (κ2) is 6.97. The maximum Gasteiger partial charge on any atom is 0.305 e. The average Bonchev–Trinajstić information content (AvgIpc) is 2.76. The van der Waals surface area contributed by atoms with E-state index in [1.807, 2.05) is 30.7 Å². The number of aliphatic carboxylic acids is 1. The summed E-state index contributed by atoms with van der Waals surface area (Å²) in [5.41, 5.74) is 0.626. The smallest absolute Gasteiger partial charge is 0.305 e. The predicted molar refractivity (Wildman–Crippen MR) is 73.1 cm³/mol. The van der Waals surface area contributed by atoms with Crippen LogP contribution >= 0.6 is 0 Å². The van der Waals surface area contributed by atoms with Crippen molar-refractivity contribution in [2.24, 2.45) is 0 Å². The van der Waals surface area contributed by atoms with Crippen molar-refractivity contribution in [3.8, 4) is 0 Å². The van der Waals surface area contributed by atoms with Crippen molar-refractivity contribution < 1.29 is 14.7 Å². The molecule has 106 valence electrons. The number of aryl methyl sites for hydroxylation is 1. The van der Waals surface area contributed by atoms with Crippen LogP contribution in [-0.2, 0) is 11.3 Å². The Morgan fingerprint density at radius 2 is 2.11 bits per heavy atom. The second-order valence-electron chi connectivity index (χ2n) is 4.82. The zero-order valence-electron chi connectivity index (χ0n) is 11.8. The van der Waals surface area contributed by atoms with E-state index in [1.165, 1.54) is 0 Å². The van der Waals surface area contributed by atoms with Crippen molar-refractivity contribution in [2.75, 3.05) is 6.54 Å². The molecule has 0 bridgehead atoms. The van der Waals surface area contributed by atoms with Crippen molar-refractivity contribution in [3.63, 3.8) is 0 Å². The Hall–Kier alpha value is -1.78. The number of amides is 1. The van der Waals surface area contributed by atoms with Crippen LogP contribution in [0.3, 0.4) is 0 Å². The maximum atomic E-state index is 12.5. The van der Waals surface area contributed by atoms with E-state index in [2.05, 4.69) is 6.92 Å². The number of aromatic nitrogens is 1. The van der Waals surface area contributed by atoms with E-state index in [1.54, 1.807) is 11.0 Å². The van der Waals surface area contributed by atoms with Gasteiger partial charge in [-0.15, -0.1) is 0 Å². The van der Waals surface area contributed by atoms with Crippen LogP contribution < -0.4 is 0 Å². The molecule has 0 atom stereocenters. The number of rotatable bonds is 7. The van der Waals surface area contributed by atoms with E-state index in [-0.39, 0.29) is 24.9 Å². The van der Waals surface area contributed by atoms with Gasteiger partial charge in [-0.25, -0.2) is 0 Å². The molecule has 19 heavy (non-hydrogen) atoms. The van der Waals surface area contributed by atoms with Crippen molar-refractivity contribution in [2.45, 2.75) is 46.2 Å². The predicted octanol–water partition coefficient (Wildman–Crippen LogP) is 2.22. The summed E-state index contributed by atoms with van der Waals surface area (Å²) in [5, 5.41) is 8.75. The number of hydrogen-bond acceptors (Lipinski definition) is 2. The Kier molecular flexibility index (Phi) is 5.60. The molecule has 5 nitrogen and oxygen atoms in total. The fourth-order valence-electron chi connectivity index (χ4n) is 2.00. The lowest BCUT2D eigenvalue weighted by Gasteiger charge is -2.26. The fraction of sp³-hybridized carbons (Fsp3) is 0.571. The summed E-state index contributed by atoms with van der Waals surface area (Å²) >= 11 is 0. The largest absolute Gasteiger partial charge is 0.481 e. The highest BCUT2D eigenvalue weighted by molar-refractivity contribution is 5.93. The standard InChI is InChI=1S/C14H22N2O3/c1-4-8-15-9-5-6-12(15)14(19)16(11(2)3)10-7-13(17)18/h5-6,9,11H,4,7-8,10H2,1-3H3,(H,17,18). The molecule has 1 aromatic heterocycles. The topological polar surface area (TPSA) is 62.5 Å². The van der Waals surface area contributed by atoms with E-state index >= 15 is 0 Å². The van der Waals surface area contributed by atoms with Crippen molar-refractivity contribution in [1.29, 1.82) is 0 Å². The minimum atomic E-state index is -0.887. The first-order valence-corrected chi connectivity index (χ1v) is 6.65. The Bertz CT molecular complexity index is 438. The summed E-state index contributed by atoms with van der Waals surface area (Å²) in [6, 6.07) is 3.61. The molecule has 0 fully saturated rings. The summed E-state index contributed by atoms with van der Waals surface area (Å²) in [7, 11) is 0. The van der Waals surface area contributed by atoms with E-state index in [0.29, 0.717) is 5.69 Å². The van der Waals surface area contributed by atoms with Crippen LogP contribution in [0.4, 0.5) is 0 Å². The number of carboxylic acid groups (broad SMARTS) is 1. The zero-order valence-corrected chi connectivity index (χ0v) is 11.8. The number of carbonyl (C=O) groups is 2. The lowest BCUT2D eigenvalue weighted by Crippen LogP contribution is -2.39. The Labute approximate surface area is 113 Å². The second-order valence-corrected chi connectivity index (χ2v) is 4.82. The van der Waals surface area contributed by atoms with Gasteiger partial charge in [0.1, 0.15) is 5.69 Å². The highest BCUT2D eigenvalue weighted by Crippen LogP contribution is 2.11. The first-order valence-electron chi connectivity index (χ1n) is 6.65. The molecule has 0 aliphatic heterocycles. The Morgan fingerprint density at radius 3 is 2.63 bits per heavy atom. The molecule has 5 heteroatoms. The van der Waals surface area contributed by atoms with E-state index in [0.717, 1.165) is 13.0 Å². The van der Waals surface area contributed by atoms with Crippen molar-refractivity contribution in [3.05, 3.63) is 24.0 Å². The molecule has 1 amide bonds. The quantitative estimate of drug-likeness (QED) is 0.823. The Balaban J connectivity index is 2.86. The molecule has 0 radical (unpaired) electrons. The third kappa shape index (κ3) is 4.12. The number of nitrogens with zero attached hydrogens (tertiary/aromatic N) is 2. The summed E-state index contributed by atoms with van der Waals surface area (Å²) in [6.45, 7) is 6.88. The number of hydrogen-bond donors (Lipinski definition) is 1. The SMILES string of the molecule is CCCn1cccc1C(=O)N(CCC(=O)O)C(C)C. The fourth-order valence-corrected chi connectivity index (χ4v) is 2.00. The minimum Gasteiger partial charge on any atom is -0.481 e. The molecule has 0 aliphatic rings. The molecule has 0 aromatic carbocycles. The molecular formula is C14H22N2O3. The number of carbonyl (C=O) groups excluding carboxylic acids is 1. The highest BCUT2D eigenvalue weighted by atomic mass is 16.4. The maximum absolute atomic E-state index is 12.5. The summed E-state index contributed by atoms with van der Waals surface area (Å²) in [5.74, 6) is -0.989. The zero-order chi connectivity index (χ0) is 14.4. The van der Waals surface area contributed by atoms with Gasteiger partial charge in [0.15, 0.2) is 0 Å². The molecule has 0 unspecified atom stereocenters. The molecule has 0 spiro atoms.